The molecule has 29 heavy (non-hydrogen) atoms. The number of hydrogen-bond acceptors (Lipinski definition) is 5. The van der Waals surface area contributed by atoms with Crippen LogP contribution in [-0.2, 0) is 19.9 Å². The summed E-state index contributed by atoms with van der Waals surface area (Å²) in [5.74, 6) is 0. The molecule has 1 unspecified atom stereocenters. The zero-order valence-corrected chi connectivity index (χ0v) is 18.4. The molecule has 3 aromatic carbocycles. The maximum Gasteiger partial charge on any atom is 0.241 e. The van der Waals surface area contributed by atoms with Crippen LogP contribution in [0, 0.1) is 0 Å². The number of sulfonamides is 1. The van der Waals surface area contributed by atoms with Crippen molar-refractivity contribution in [3.63, 3.8) is 0 Å². The number of benzene rings is 3. The van der Waals surface area contributed by atoms with Gasteiger partial charge in [0.2, 0.25) is 10.0 Å². The van der Waals surface area contributed by atoms with Crippen LogP contribution in [0.4, 0.5) is 5.69 Å². The van der Waals surface area contributed by atoms with Crippen molar-refractivity contribution >= 4 is 36.3 Å². The molecule has 154 valence electrons. The number of nitrogens with one attached hydrogen (secondary N) is 1. The van der Waals surface area contributed by atoms with E-state index in [4.69, 9.17) is 0 Å². The van der Waals surface area contributed by atoms with Gasteiger partial charge in [-0.1, -0.05) is 36.4 Å². The van der Waals surface area contributed by atoms with Crippen molar-refractivity contribution in [2.75, 3.05) is 25.3 Å². The first-order chi connectivity index (χ1) is 13.5. The Bertz CT molecular complexity index is 1250. The number of hydrogen-bond donors (Lipinski definition) is 1. The van der Waals surface area contributed by atoms with Crippen LogP contribution in [0.25, 0.3) is 10.8 Å². The highest BCUT2D eigenvalue weighted by molar-refractivity contribution is 7.90. The topological polar surface area (TPSA) is 83.6 Å². The Morgan fingerprint density at radius 3 is 2.00 bits per heavy atom. The Hall–Kier alpha value is -2.42. The van der Waals surface area contributed by atoms with Gasteiger partial charge >= 0.3 is 0 Å². The summed E-state index contributed by atoms with van der Waals surface area (Å²) in [4.78, 5) is 2.35. The summed E-state index contributed by atoms with van der Waals surface area (Å²) in [6.45, 7) is 1.73. The van der Waals surface area contributed by atoms with Crippen LogP contribution in [0.1, 0.15) is 18.5 Å². The average Bonchev–Trinajstić information content (AvgIpc) is 2.66. The molecule has 1 N–H and O–H groups in total. The summed E-state index contributed by atoms with van der Waals surface area (Å²) >= 11 is 0. The Kier molecular flexibility index (Phi) is 5.71. The van der Waals surface area contributed by atoms with E-state index in [9.17, 15) is 16.8 Å². The summed E-state index contributed by atoms with van der Waals surface area (Å²) < 4.78 is 52.2. The van der Waals surface area contributed by atoms with Crippen molar-refractivity contribution in [3.8, 4) is 0 Å². The number of fused-ring (bicyclic) bond motifs is 1. The first-order valence-electron chi connectivity index (χ1n) is 9.02. The van der Waals surface area contributed by atoms with E-state index in [0.717, 1.165) is 17.3 Å². The van der Waals surface area contributed by atoms with Crippen molar-refractivity contribution in [3.05, 3.63) is 66.2 Å². The van der Waals surface area contributed by atoms with Gasteiger partial charge in [-0.3, -0.25) is 0 Å². The third kappa shape index (κ3) is 4.44. The molecule has 0 saturated heterocycles. The molecule has 0 heterocycles. The molecule has 6 nitrogen and oxygen atoms in total. The molecule has 0 spiro atoms. The van der Waals surface area contributed by atoms with E-state index in [1.807, 2.05) is 37.2 Å². The van der Waals surface area contributed by atoms with Crippen molar-refractivity contribution in [1.82, 2.24) is 4.72 Å². The molecule has 0 aliphatic carbocycles. The fourth-order valence-electron chi connectivity index (χ4n) is 3.26. The third-order valence-electron chi connectivity index (χ3n) is 4.77. The maximum atomic E-state index is 13.1. The van der Waals surface area contributed by atoms with Gasteiger partial charge in [0, 0.05) is 42.9 Å². The van der Waals surface area contributed by atoms with Gasteiger partial charge in [-0.05, 0) is 36.8 Å². The highest BCUT2D eigenvalue weighted by Gasteiger charge is 2.22. The Morgan fingerprint density at radius 1 is 0.828 bits per heavy atom. The monoisotopic (exact) mass is 432 g/mol. The number of anilines is 1. The molecule has 0 saturated carbocycles. The van der Waals surface area contributed by atoms with Gasteiger partial charge in [0.25, 0.3) is 0 Å². The molecule has 8 heteroatoms. The highest BCUT2D eigenvalue weighted by atomic mass is 32.2. The molecule has 0 fully saturated rings. The molecule has 0 bridgehead atoms. The minimum Gasteiger partial charge on any atom is -0.377 e. The lowest BCUT2D eigenvalue weighted by Gasteiger charge is -2.19. The second-order valence-corrected chi connectivity index (χ2v) is 10.9. The quantitative estimate of drug-likeness (QED) is 0.646. The first-order valence-corrected chi connectivity index (χ1v) is 12.4. The summed E-state index contributed by atoms with van der Waals surface area (Å²) in [6.07, 6.45) is 1.14. The lowest BCUT2D eigenvalue weighted by atomic mass is 10.1. The van der Waals surface area contributed by atoms with Crippen LogP contribution in [0.5, 0.6) is 0 Å². The van der Waals surface area contributed by atoms with E-state index in [1.54, 1.807) is 37.3 Å². The molecule has 1 atom stereocenters. The third-order valence-corrected chi connectivity index (χ3v) is 7.50. The van der Waals surface area contributed by atoms with Gasteiger partial charge in [0.1, 0.15) is 0 Å². The molecule has 3 aromatic rings. The van der Waals surface area contributed by atoms with Crippen molar-refractivity contribution < 1.29 is 16.8 Å². The van der Waals surface area contributed by atoms with Crippen LogP contribution in [-0.4, -0.2) is 37.2 Å². The van der Waals surface area contributed by atoms with E-state index in [1.165, 1.54) is 12.1 Å². The van der Waals surface area contributed by atoms with Gasteiger partial charge in [-0.2, -0.15) is 0 Å². The Labute approximate surface area is 172 Å². The maximum absolute atomic E-state index is 13.1. The van der Waals surface area contributed by atoms with Crippen LogP contribution in [0.2, 0.25) is 0 Å². The zero-order chi connectivity index (χ0) is 21.4. The molecule has 0 amide bonds. The first kappa shape index (κ1) is 21.3. The van der Waals surface area contributed by atoms with E-state index in [-0.39, 0.29) is 9.79 Å². The summed E-state index contributed by atoms with van der Waals surface area (Å²) in [5, 5.41) is 1.50. The molecule has 0 aliphatic heterocycles. The smallest absolute Gasteiger partial charge is 0.241 e. The lowest BCUT2D eigenvalue weighted by molar-refractivity contribution is 0.567. The fourth-order valence-corrected chi connectivity index (χ4v) is 5.34. The summed E-state index contributed by atoms with van der Waals surface area (Å²) in [7, 11) is -3.28. The molecular weight excluding hydrogens is 408 g/mol. The SMILES string of the molecule is CC(NS(=O)(=O)c1cccc2c(N(C)C)cccc12)c1ccc(S(C)(=O)=O)cc1. The minimum atomic E-state index is -3.80. The van der Waals surface area contributed by atoms with E-state index in [0.29, 0.717) is 10.9 Å². The summed E-state index contributed by atoms with van der Waals surface area (Å²) in [6, 6.07) is 16.5. The molecular formula is C21H24N2O4S2. The van der Waals surface area contributed by atoms with Crippen molar-refractivity contribution in [1.29, 1.82) is 0 Å². The molecule has 3 rings (SSSR count). The van der Waals surface area contributed by atoms with Crippen LogP contribution in [0.15, 0.2) is 70.5 Å². The van der Waals surface area contributed by atoms with Crippen LogP contribution in [0.3, 0.4) is 0 Å². The predicted octanol–water partition coefficient (Wildman–Crippen LogP) is 3.35. The largest absolute Gasteiger partial charge is 0.377 e. The average molecular weight is 433 g/mol. The van der Waals surface area contributed by atoms with E-state index >= 15 is 0 Å². The van der Waals surface area contributed by atoms with Crippen molar-refractivity contribution in [2.45, 2.75) is 22.8 Å². The molecule has 0 aromatic heterocycles. The number of nitrogens with zero attached hydrogens (tertiary/aromatic N) is 1. The minimum absolute atomic E-state index is 0.196. The second-order valence-electron chi connectivity index (χ2n) is 7.21. The zero-order valence-electron chi connectivity index (χ0n) is 16.7. The molecule has 0 radical (unpaired) electrons. The van der Waals surface area contributed by atoms with E-state index < -0.39 is 25.9 Å². The van der Waals surface area contributed by atoms with Gasteiger partial charge in [0.05, 0.1) is 9.79 Å². The number of rotatable bonds is 6. The predicted molar refractivity (Wildman–Crippen MR) is 117 cm³/mol. The van der Waals surface area contributed by atoms with Crippen LogP contribution >= 0.6 is 0 Å². The van der Waals surface area contributed by atoms with Gasteiger partial charge in [0.15, 0.2) is 9.84 Å². The fraction of sp³-hybridized carbons (Fsp3) is 0.238. The van der Waals surface area contributed by atoms with Gasteiger partial charge in [-0.15, -0.1) is 0 Å². The summed E-state index contributed by atoms with van der Waals surface area (Å²) in [5.41, 5.74) is 1.61. The number of sulfone groups is 1. The molecule has 0 aliphatic rings. The van der Waals surface area contributed by atoms with Crippen LogP contribution < -0.4 is 9.62 Å². The van der Waals surface area contributed by atoms with Gasteiger partial charge < -0.3 is 4.90 Å². The highest BCUT2D eigenvalue weighted by Crippen LogP contribution is 2.31. The lowest BCUT2D eigenvalue weighted by Crippen LogP contribution is -2.27. The Morgan fingerprint density at radius 2 is 1.41 bits per heavy atom. The normalized spacial score (nSPS) is 13.4. The Balaban J connectivity index is 1.97. The second kappa shape index (κ2) is 7.78. The van der Waals surface area contributed by atoms with Gasteiger partial charge in [-0.25, -0.2) is 21.6 Å². The van der Waals surface area contributed by atoms with E-state index in [2.05, 4.69) is 4.72 Å². The standard InChI is InChI=1S/C21H24N2O4S2/c1-15(16-11-13-17(14-12-16)28(4,24)25)22-29(26,27)21-10-6-7-18-19(21)8-5-9-20(18)23(2)3/h5-15,22H,1-4H3. The van der Waals surface area contributed by atoms with Crippen molar-refractivity contribution in [2.24, 2.45) is 0 Å².